The zero-order valence-corrected chi connectivity index (χ0v) is 45.2. The Balaban J connectivity index is 0.000000205. The summed E-state index contributed by atoms with van der Waals surface area (Å²) in [5.74, 6) is 1.26. The first kappa shape index (κ1) is 54.8. The Morgan fingerprint density at radius 2 is 0.922 bits per heavy atom. The van der Waals surface area contributed by atoms with Crippen LogP contribution in [0.2, 0.25) is 0 Å². The number of terminal acetylenes is 1. The highest BCUT2D eigenvalue weighted by Crippen LogP contribution is 2.31. The van der Waals surface area contributed by atoms with E-state index in [9.17, 15) is 36.0 Å². The Labute approximate surface area is 448 Å². The summed E-state index contributed by atoms with van der Waals surface area (Å²) in [4.78, 5) is 52.1. The van der Waals surface area contributed by atoms with Crippen LogP contribution in [0.1, 0.15) is 84.0 Å². The van der Waals surface area contributed by atoms with Crippen molar-refractivity contribution in [3.63, 3.8) is 0 Å². The SMILES string of the molecule is C#CC[n+]1c2ccccc2c(C(=O)N(CCCC(C)=O)S(=O)(=O)c2ccc(C)cc2)c2ccccc21.CCn1cc(C[n+]2c3ccccc3c(C(=O)N(CCCC(C)=O)S(=O)(=O)c3ccc(C)cc3)c3ccccc32)nn1. The van der Waals surface area contributed by atoms with Crippen molar-refractivity contribution in [3.8, 4) is 12.3 Å². The molecule has 0 saturated heterocycles. The molecule has 17 heteroatoms. The second kappa shape index (κ2) is 23.6. The summed E-state index contributed by atoms with van der Waals surface area (Å²) < 4.78 is 63.0. The number of benzene rings is 6. The zero-order valence-electron chi connectivity index (χ0n) is 43.6. The van der Waals surface area contributed by atoms with Crippen molar-refractivity contribution in [1.82, 2.24) is 23.6 Å². The summed E-state index contributed by atoms with van der Waals surface area (Å²) in [5, 5.41) is 10.9. The number of carbonyl (C=O) groups is 4. The number of carbonyl (C=O) groups excluding carboxylic acids is 4. The summed E-state index contributed by atoms with van der Waals surface area (Å²) in [6, 6.07) is 42.4. The third kappa shape index (κ3) is 11.7. The van der Waals surface area contributed by atoms with Crippen molar-refractivity contribution >= 4 is 87.0 Å². The monoisotopic (exact) mass is 1070 g/mol. The lowest BCUT2D eigenvalue weighted by atomic mass is 10.0. The maximum Gasteiger partial charge on any atom is 0.269 e. The summed E-state index contributed by atoms with van der Waals surface area (Å²) in [7, 11) is -8.40. The predicted octanol–water partition coefficient (Wildman–Crippen LogP) is 8.87. The van der Waals surface area contributed by atoms with Crippen LogP contribution in [0, 0.1) is 26.2 Å². The van der Waals surface area contributed by atoms with E-state index in [1.807, 2.05) is 116 Å². The number of aromatic nitrogens is 5. The number of aryl methyl sites for hydroxylation is 3. The highest BCUT2D eigenvalue weighted by molar-refractivity contribution is 7.90. The van der Waals surface area contributed by atoms with Gasteiger partial charge in [0.25, 0.3) is 31.9 Å². The topological polar surface area (TPSA) is 182 Å². The molecule has 9 rings (SSSR count). The summed E-state index contributed by atoms with van der Waals surface area (Å²) in [6.45, 7) is 9.79. The van der Waals surface area contributed by atoms with Gasteiger partial charge in [-0.15, -0.1) is 11.5 Å². The molecule has 3 heterocycles. The van der Waals surface area contributed by atoms with E-state index >= 15 is 0 Å². The molecule has 15 nitrogen and oxygen atoms in total. The van der Waals surface area contributed by atoms with E-state index in [0.717, 1.165) is 47.5 Å². The van der Waals surface area contributed by atoms with Crippen molar-refractivity contribution in [2.45, 2.75) is 89.7 Å². The van der Waals surface area contributed by atoms with E-state index in [1.165, 1.54) is 38.1 Å². The fourth-order valence-electron chi connectivity index (χ4n) is 9.38. The number of amides is 2. The molecule has 0 aliphatic heterocycles. The van der Waals surface area contributed by atoms with Crippen LogP contribution in [0.25, 0.3) is 43.6 Å². The number of Topliss-reactive ketones (excluding diaryl/α,β-unsaturated/α-hetero) is 2. The smallest absolute Gasteiger partial charge is 0.269 e. The molecule has 0 aliphatic rings. The Bertz CT molecular complexity index is 3890. The molecule has 0 aliphatic carbocycles. The number of hydrogen-bond acceptors (Lipinski definition) is 10. The minimum Gasteiger partial charge on any atom is -0.300 e. The van der Waals surface area contributed by atoms with Gasteiger partial charge in [0.1, 0.15) is 17.3 Å². The largest absolute Gasteiger partial charge is 0.300 e. The molecule has 392 valence electrons. The second-order valence-corrected chi connectivity index (χ2v) is 22.5. The number of fused-ring (bicyclic) bond motifs is 4. The van der Waals surface area contributed by atoms with Gasteiger partial charge in [0, 0.05) is 56.7 Å². The van der Waals surface area contributed by atoms with Crippen LogP contribution in [0.15, 0.2) is 162 Å². The third-order valence-electron chi connectivity index (χ3n) is 13.2. The highest BCUT2D eigenvalue weighted by atomic mass is 32.2. The molecule has 77 heavy (non-hydrogen) atoms. The van der Waals surface area contributed by atoms with E-state index in [1.54, 1.807) is 41.1 Å². The summed E-state index contributed by atoms with van der Waals surface area (Å²) in [5.41, 5.74) is 6.13. The second-order valence-electron chi connectivity index (χ2n) is 18.8. The first-order valence-electron chi connectivity index (χ1n) is 25.2. The van der Waals surface area contributed by atoms with E-state index < -0.39 is 31.9 Å². The Morgan fingerprint density at radius 1 is 0.558 bits per heavy atom. The first-order valence-corrected chi connectivity index (χ1v) is 28.1. The maximum atomic E-state index is 14.5. The van der Waals surface area contributed by atoms with Crippen LogP contribution in [-0.4, -0.2) is 76.9 Å². The molecule has 6 aromatic carbocycles. The molecule has 0 N–H and O–H groups in total. The number of rotatable bonds is 18. The average molecular weight is 1070 g/mol. The molecule has 0 bridgehead atoms. The molecule has 0 spiro atoms. The van der Waals surface area contributed by atoms with Crippen molar-refractivity contribution in [2.24, 2.45) is 0 Å². The summed E-state index contributed by atoms with van der Waals surface area (Å²) >= 11 is 0. The van der Waals surface area contributed by atoms with Crippen LogP contribution in [0.5, 0.6) is 0 Å². The van der Waals surface area contributed by atoms with Crippen LogP contribution >= 0.6 is 0 Å². The van der Waals surface area contributed by atoms with Crippen LogP contribution in [-0.2, 0) is 49.3 Å². The van der Waals surface area contributed by atoms with E-state index in [4.69, 9.17) is 6.42 Å². The number of hydrogen-bond donors (Lipinski definition) is 0. The lowest BCUT2D eigenvalue weighted by Gasteiger charge is -2.24. The molecule has 0 fully saturated rings. The number of sulfonamides is 2. The van der Waals surface area contributed by atoms with Crippen molar-refractivity contribution in [1.29, 1.82) is 0 Å². The molecule has 9 aromatic rings. The van der Waals surface area contributed by atoms with Crippen LogP contribution in [0.3, 0.4) is 0 Å². The van der Waals surface area contributed by atoms with Gasteiger partial charge in [0.2, 0.25) is 28.6 Å². The van der Waals surface area contributed by atoms with Gasteiger partial charge in [-0.2, -0.15) is 9.13 Å². The minimum absolute atomic E-state index is 0.0243. The highest BCUT2D eigenvalue weighted by Gasteiger charge is 2.36. The normalized spacial score (nSPS) is 11.5. The van der Waals surface area contributed by atoms with Gasteiger partial charge in [0.05, 0.1) is 48.7 Å². The Kier molecular flexibility index (Phi) is 16.8. The van der Waals surface area contributed by atoms with E-state index in [-0.39, 0.29) is 65.7 Å². The van der Waals surface area contributed by atoms with Gasteiger partial charge in [-0.3, -0.25) is 14.3 Å². The van der Waals surface area contributed by atoms with Gasteiger partial charge in [-0.1, -0.05) is 89.1 Å². The molecular weight excluding hydrogens is 1010 g/mol. The van der Waals surface area contributed by atoms with Gasteiger partial charge in [-0.05, 0) is 102 Å². The van der Waals surface area contributed by atoms with E-state index in [0.29, 0.717) is 46.7 Å². The molecule has 0 radical (unpaired) electrons. The fraction of sp³-hybridized carbons (Fsp3) is 0.233. The van der Waals surface area contributed by atoms with Crippen molar-refractivity contribution in [2.75, 3.05) is 13.1 Å². The van der Waals surface area contributed by atoms with Crippen molar-refractivity contribution < 1.29 is 45.1 Å². The lowest BCUT2D eigenvalue weighted by Crippen LogP contribution is -2.40. The molecule has 2 amide bonds. The number of para-hydroxylation sites is 4. The first-order chi connectivity index (χ1) is 37.0. The van der Waals surface area contributed by atoms with Gasteiger partial charge in [0.15, 0.2) is 6.54 Å². The number of nitrogens with zero attached hydrogens (tertiary/aromatic N) is 7. The number of ketones is 2. The van der Waals surface area contributed by atoms with Crippen LogP contribution in [0.4, 0.5) is 0 Å². The van der Waals surface area contributed by atoms with Crippen LogP contribution < -0.4 is 9.13 Å². The Hall–Kier alpha value is -8.46. The molecule has 3 aromatic heterocycles. The molecule has 0 unspecified atom stereocenters. The van der Waals surface area contributed by atoms with Gasteiger partial charge >= 0.3 is 0 Å². The predicted molar refractivity (Wildman–Crippen MR) is 296 cm³/mol. The Morgan fingerprint density at radius 3 is 1.26 bits per heavy atom. The third-order valence-corrected chi connectivity index (χ3v) is 16.8. The fourth-order valence-corrected chi connectivity index (χ4v) is 12.2. The minimum atomic E-state index is -4.21. The van der Waals surface area contributed by atoms with Crippen molar-refractivity contribution in [3.05, 3.63) is 180 Å². The maximum absolute atomic E-state index is 14.5. The molecule has 0 saturated carbocycles. The van der Waals surface area contributed by atoms with Gasteiger partial charge < -0.3 is 9.59 Å². The average Bonchev–Trinajstić information content (AvgIpc) is 3.91. The standard InChI is InChI=1S/C31H32N5O4S.C29H27N2O4S/c1-4-34-20-24(32-33-34)21-35-28-13-7-5-11-26(28)30(27-12-6-8-14-29(27)35)31(38)36(19-9-10-23(3)37)41(39,40)25-17-15-22(2)16-18-25;1-4-19-30-26-13-7-5-11-24(26)28(25-12-6-8-14-27(25)30)29(33)31(20-9-10-22(3)32)36(34,35)23-17-15-21(2)16-18-23/h5-8,11-18,20H,4,9-10,19,21H2,1-3H3;1,5-8,11-18H,9-10,19-20H2,2-3H3/q2*+1. The quantitative estimate of drug-likeness (QED) is 0.0457. The van der Waals surface area contributed by atoms with E-state index in [2.05, 4.69) is 20.8 Å². The molecule has 0 atom stereocenters. The lowest BCUT2D eigenvalue weighted by molar-refractivity contribution is -0.636. The zero-order chi connectivity index (χ0) is 55.0. The summed E-state index contributed by atoms with van der Waals surface area (Å²) in [6.07, 6.45) is 8.33. The molecular formula is C60H59N7O8S2+2. The number of pyridine rings is 2. The van der Waals surface area contributed by atoms with Gasteiger partial charge in [-0.25, -0.2) is 25.4 Å².